The molecule has 0 saturated carbocycles. The van der Waals surface area contributed by atoms with Crippen LogP contribution < -0.4 is 10.6 Å². The fraction of sp³-hybridized carbons (Fsp3) is 0.818. The molecule has 0 aromatic carbocycles. The quantitative estimate of drug-likeness (QED) is 0.445. The van der Waals surface area contributed by atoms with Crippen LogP contribution in [-0.4, -0.2) is 65.2 Å². The van der Waals surface area contributed by atoms with Gasteiger partial charge in [0.15, 0.2) is 0 Å². The largest absolute Gasteiger partial charge is 0.385 e. The van der Waals surface area contributed by atoms with Crippen molar-refractivity contribution in [3.05, 3.63) is 0 Å². The first kappa shape index (κ1) is 16.9. The lowest BCUT2D eigenvalue weighted by molar-refractivity contribution is -0.120. The van der Waals surface area contributed by atoms with E-state index in [1.165, 1.54) is 11.8 Å². The van der Waals surface area contributed by atoms with Crippen LogP contribution in [0.1, 0.15) is 13.3 Å². The van der Waals surface area contributed by atoms with Gasteiger partial charge in [0, 0.05) is 26.8 Å². The highest BCUT2D eigenvalue weighted by atomic mass is 32.2. The third-order valence-electron chi connectivity index (χ3n) is 2.55. The molecule has 20 heavy (non-hydrogen) atoms. The number of thioether (sulfide) groups is 1. The number of hydrogen-bond donors (Lipinski definition) is 2. The van der Waals surface area contributed by atoms with Gasteiger partial charge in [0.2, 0.25) is 11.1 Å². The van der Waals surface area contributed by atoms with Crippen molar-refractivity contribution >= 4 is 17.7 Å². The van der Waals surface area contributed by atoms with Crippen molar-refractivity contribution in [2.24, 2.45) is 0 Å². The van der Waals surface area contributed by atoms with Crippen LogP contribution in [0, 0.1) is 0 Å². The highest BCUT2D eigenvalue weighted by Crippen LogP contribution is 2.19. The van der Waals surface area contributed by atoms with Gasteiger partial charge in [-0.15, -0.1) is 5.10 Å². The number of aromatic nitrogens is 4. The van der Waals surface area contributed by atoms with Gasteiger partial charge in [-0.25, -0.2) is 4.68 Å². The number of hydrogen-bond acceptors (Lipinski definition) is 7. The highest BCUT2D eigenvalue weighted by molar-refractivity contribution is 8.00. The van der Waals surface area contributed by atoms with Crippen molar-refractivity contribution in [2.45, 2.75) is 30.3 Å². The van der Waals surface area contributed by atoms with E-state index in [4.69, 9.17) is 4.74 Å². The summed E-state index contributed by atoms with van der Waals surface area (Å²) in [4.78, 5) is 11.9. The second kappa shape index (κ2) is 9.67. The molecule has 0 bridgehead atoms. The minimum atomic E-state index is -0.239. The van der Waals surface area contributed by atoms with Gasteiger partial charge in [-0.1, -0.05) is 11.8 Å². The molecule has 9 heteroatoms. The summed E-state index contributed by atoms with van der Waals surface area (Å²) in [5, 5.41) is 17.8. The third-order valence-corrected chi connectivity index (χ3v) is 3.62. The van der Waals surface area contributed by atoms with E-state index in [2.05, 4.69) is 26.2 Å². The second-order valence-electron chi connectivity index (χ2n) is 4.19. The summed E-state index contributed by atoms with van der Waals surface area (Å²) >= 11 is 1.35. The minimum Gasteiger partial charge on any atom is -0.385 e. The monoisotopic (exact) mass is 302 g/mol. The zero-order valence-corrected chi connectivity index (χ0v) is 12.9. The molecule has 0 saturated heterocycles. The van der Waals surface area contributed by atoms with Crippen LogP contribution >= 0.6 is 11.8 Å². The SMILES string of the molecule is CNCCn1nnnc1SC(C)C(=O)NCCCOC. The van der Waals surface area contributed by atoms with Crippen molar-refractivity contribution in [2.75, 3.05) is 33.9 Å². The van der Waals surface area contributed by atoms with Gasteiger partial charge in [-0.2, -0.15) is 0 Å². The molecule has 0 aliphatic rings. The van der Waals surface area contributed by atoms with Crippen LogP contribution in [-0.2, 0) is 16.1 Å². The lowest BCUT2D eigenvalue weighted by Gasteiger charge is -2.11. The molecular weight excluding hydrogens is 280 g/mol. The summed E-state index contributed by atoms with van der Waals surface area (Å²) in [6, 6.07) is 0. The Morgan fingerprint density at radius 1 is 1.50 bits per heavy atom. The molecule has 1 amide bonds. The summed E-state index contributed by atoms with van der Waals surface area (Å²) in [6.07, 6.45) is 0.805. The second-order valence-corrected chi connectivity index (χ2v) is 5.49. The van der Waals surface area contributed by atoms with Crippen molar-refractivity contribution in [1.82, 2.24) is 30.8 Å². The summed E-state index contributed by atoms with van der Waals surface area (Å²) in [5.41, 5.74) is 0. The molecule has 1 rings (SSSR count). The van der Waals surface area contributed by atoms with E-state index in [0.717, 1.165) is 13.0 Å². The fourth-order valence-corrected chi connectivity index (χ4v) is 2.26. The van der Waals surface area contributed by atoms with E-state index in [1.807, 2.05) is 14.0 Å². The van der Waals surface area contributed by atoms with E-state index in [-0.39, 0.29) is 11.2 Å². The summed E-state index contributed by atoms with van der Waals surface area (Å²) in [7, 11) is 3.51. The number of amides is 1. The predicted octanol–water partition coefficient (Wildman–Crippen LogP) is -0.474. The Morgan fingerprint density at radius 2 is 2.30 bits per heavy atom. The average Bonchev–Trinajstić information content (AvgIpc) is 2.88. The Hall–Kier alpha value is -1.19. The first-order valence-electron chi connectivity index (χ1n) is 6.53. The first-order valence-corrected chi connectivity index (χ1v) is 7.41. The van der Waals surface area contributed by atoms with Crippen LogP contribution in [0.2, 0.25) is 0 Å². The standard InChI is InChI=1S/C11H22N6O2S/c1-9(10(18)13-5-4-8-19-3)20-11-14-15-16-17(11)7-6-12-2/h9,12H,4-8H2,1-3H3,(H,13,18). The number of rotatable bonds is 10. The number of methoxy groups -OCH3 is 1. The number of carbonyl (C=O) groups is 1. The van der Waals surface area contributed by atoms with Crippen LogP contribution in [0.5, 0.6) is 0 Å². The molecule has 2 N–H and O–H groups in total. The van der Waals surface area contributed by atoms with Gasteiger partial charge in [-0.3, -0.25) is 4.79 Å². The number of nitrogens with one attached hydrogen (secondary N) is 2. The molecule has 1 atom stereocenters. The smallest absolute Gasteiger partial charge is 0.233 e. The van der Waals surface area contributed by atoms with Gasteiger partial charge in [-0.05, 0) is 30.8 Å². The molecule has 1 aromatic heterocycles. The molecule has 114 valence electrons. The minimum absolute atomic E-state index is 0.0192. The number of nitrogens with zero attached hydrogens (tertiary/aromatic N) is 4. The summed E-state index contributed by atoms with van der Waals surface area (Å²) < 4.78 is 6.62. The predicted molar refractivity (Wildman–Crippen MR) is 76.6 cm³/mol. The normalized spacial score (nSPS) is 12.3. The van der Waals surface area contributed by atoms with E-state index in [0.29, 0.717) is 24.9 Å². The van der Waals surface area contributed by atoms with Gasteiger partial charge < -0.3 is 15.4 Å². The molecule has 0 radical (unpaired) electrons. The Balaban J connectivity index is 2.38. The average molecular weight is 302 g/mol. The van der Waals surface area contributed by atoms with Gasteiger partial charge in [0.1, 0.15) is 0 Å². The Kier molecular flexibility index (Phi) is 8.16. The zero-order valence-electron chi connectivity index (χ0n) is 12.1. The maximum absolute atomic E-state index is 11.9. The van der Waals surface area contributed by atoms with Crippen molar-refractivity contribution in [3.8, 4) is 0 Å². The maximum Gasteiger partial charge on any atom is 0.233 e. The lowest BCUT2D eigenvalue weighted by atomic mass is 10.4. The zero-order chi connectivity index (χ0) is 14.8. The van der Waals surface area contributed by atoms with Gasteiger partial charge in [0.25, 0.3) is 0 Å². The van der Waals surface area contributed by atoms with Gasteiger partial charge in [0.05, 0.1) is 11.8 Å². The van der Waals surface area contributed by atoms with Crippen molar-refractivity contribution < 1.29 is 9.53 Å². The maximum atomic E-state index is 11.9. The molecule has 0 aliphatic carbocycles. The van der Waals surface area contributed by atoms with Crippen LogP contribution in [0.25, 0.3) is 0 Å². The molecule has 8 nitrogen and oxygen atoms in total. The summed E-state index contributed by atoms with van der Waals surface area (Å²) in [5.74, 6) is -0.0192. The molecule has 0 fully saturated rings. The molecule has 1 aromatic rings. The van der Waals surface area contributed by atoms with E-state index < -0.39 is 0 Å². The number of ether oxygens (including phenoxy) is 1. The van der Waals surface area contributed by atoms with Crippen molar-refractivity contribution in [1.29, 1.82) is 0 Å². The van der Waals surface area contributed by atoms with E-state index >= 15 is 0 Å². The first-order chi connectivity index (χ1) is 9.69. The molecule has 1 heterocycles. The Bertz CT molecular complexity index is 400. The molecule has 0 spiro atoms. The lowest BCUT2D eigenvalue weighted by Crippen LogP contribution is -2.32. The molecule has 0 aliphatic heterocycles. The van der Waals surface area contributed by atoms with Gasteiger partial charge >= 0.3 is 0 Å². The molecule has 1 unspecified atom stereocenters. The molecular formula is C11H22N6O2S. The highest BCUT2D eigenvalue weighted by Gasteiger charge is 2.17. The number of likely N-dealkylation sites (N-methyl/N-ethyl adjacent to an activating group) is 1. The van der Waals surface area contributed by atoms with Crippen LogP contribution in [0.15, 0.2) is 5.16 Å². The van der Waals surface area contributed by atoms with Crippen LogP contribution in [0.4, 0.5) is 0 Å². The topological polar surface area (TPSA) is 94.0 Å². The van der Waals surface area contributed by atoms with E-state index in [9.17, 15) is 4.79 Å². The van der Waals surface area contributed by atoms with E-state index in [1.54, 1.807) is 11.8 Å². The Labute approximate surface area is 123 Å². The Morgan fingerprint density at radius 3 is 3.00 bits per heavy atom. The fourth-order valence-electron chi connectivity index (χ4n) is 1.42. The number of tetrazole rings is 1. The van der Waals surface area contributed by atoms with Crippen molar-refractivity contribution in [3.63, 3.8) is 0 Å². The number of carbonyl (C=O) groups excluding carboxylic acids is 1. The summed E-state index contributed by atoms with van der Waals surface area (Å²) in [6.45, 7) is 4.55. The third kappa shape index (κ3) is 5.85. The van der Waals surface area contributed by atoms with Crippen LogP contribution in [0.3, 0.4) is 0 Å².